The number of hydrogen-bond donors (Lipinski definition) is 1. The summed E-state index contributed by atoms with van der Waals surface area (Å²) in [6.45, 7) is 8.23. The second kappa shape index (κ2) is 8.86. The molecule has 0 saturated carbocycles. The average Bonchev–Trinajstić information content (AvgIpc) is 3.42. The molecule has 1 N–H and O–H groups in total. The summed E-state index contributed by atoms with van der Waals surface area (Å²) in [4.78, 5) is 18.1. The van der Waals surface area contributed by atoms with Gasteiger partial charge in [-0.15, -0.1) is 23.4 Å². The van der Waals surface area contributed by atoms with Gasteiger partial charge in [0.1, 0.15) is 5.82 Å². The van der Waals surface area contributed by atoms with Crippen LogP contribution in [-0.2, 0) is 10.3 Å². The Kier molecular flexibility index (Phi) is 6.24. The van der Waals surface area contributed by atoms with Gasteiger partial charge in [0.2, 0.25) is 0 Å². The lowest BCUT2D eigenvalue weighted by molar-refractivity contribution is -0.345. The molecule has 4 rings (SSSR count). The molecule has 1 saturated heterocycles. The third kappa shape index (κ3) is 5.30. The van der Waals surface area contributed by atoms with Gasteiger partial charge >= 0.3 is 6.36 Å². The lowest BCUT2D eigenvalue weighted by Crippen LogP contribution is -2.42. The van der Waals surface area contributed by atoms with Gasteiger partial charge in [-0.3, -0.25) is 14.2 Å². The normalized spacial score (nSPS) is 15.7. The Hall–Kier alpha value is -3.21. The number of amides is 1. The number of likely N-dealkylation sites (tertiary alicyclic amines) is 1. The van der Waals surface area contributed by atoms with Crippen molar-refractivity contribution >= 4 is 5.91 Å². The number of hydrogen-bond acceptors (Lipinski definition) is 5. The number of benzene rings is 1. The Morgan fingerprint density at radius 2 is 1.82 bits per heavy atom. The van der Waals surface area contributed by atoms with Crippen molar-refractivity contribution in [3.05, 3.63) is 41.9 Å². The first-order valence-electron chi connectivity index (χ1n) is 11.0. The van der Waals surface area contributed by atoms with Crippen molar-refractivity contribution < 1.29 is 22.7 Å². The number of aryl methyl sites for hydroxylation is 1. The molecule has 2 aromatic heterocycles. The summed E-state index contributed by atoms with van der Waals surface area (Å²) in [6, 6.07) is 7.16. The number of H-pyrrole nitrogens is 1. The molecule has 1 aromatic carbocycles. The van der Waals surface area contributed by atoms with Gasteiger partial charge < -0.3 is 9.88 Å². The van der Waals surface area contributed by atoms with Crippen molar-refractivity contribution in [2.24, 2.45) is 0 Å². The van der Waals surface area contributed by atoms with Crippen LogP contribution in [0, 0.1) is 6.92 Å². The van der Waals surface area contributed by atoms with Crippen LogP contribution in [0.25, 0.3) is 22.6 Å². The standard InChI is InChI=1S/C23H27F3N6O2/c1-14-27-20(29-28-14)15-5-6-17(18(13-15)19-9-12-32(30-19)22(2,3)4)21(33)31-10-7-16(8-11-31)34-23(24,25)26/h5-6,9,12-13,16H,7-8,10-11H2,1-4H3,(H,27,28,29). The molecule has 0 bridgehead atoms. The van der Waals surface area contributed by atoms with E-state index < -0.39 is 12.5 Å². The molecule has 0 spiro atoms. The molecule has 1 amide bonds. The minimum absolute atomic E-state index is 0.120. The summed E-state index contributed by atoms with van der Waals surface area (Å²) < 4.78 is 43.6. The van der Waals surface area contributed by atoms with Gasteiger partial charge in [-0.25, -0.2) is 0 Å². The zero-order valence-electron chi connectivity index (χ0n) is 19.5. The van der Waals surface area contributed by atoms with Gasteiger partial charge in [0.05, 0.1) is 17.3 Å². The molecule has 3 aromatic rings. The molecule has 1 fully saturated rings. The molecular formula is C23H27F3N6O2. The van der Waals surface area contributed by atoms with Crippen LogP contribution in [0.1, 0.15) is 49.8 Å². The maximum atomic E-state index is 13.4. The van der Waals surface area contributed by atoms with E-state index in [1.54, 1.807) is 24.0 Å². The molecule has 11 heteroatoms. The summed E-state index contributed by atoms with van der Waals surface area (Å²) in [7, 11) is 0. The number of aromatic nitrogens is 5. The molecule has 8 nitrogen and oxygen atoms in total. The Morgan fingerprint density at radius 3 is 2.38 bits per heavy atom. The highest BCUT2D eigenvalue weighted by Crippen LogP contribution is 2.31. The van der Waals surface area contributed by atoms with Gasteiger partial charge in [-0.05, 0) is 58.7 Å². The maximum absolute atomic E-state index is 13.4. The third-order valence-corrected chi connectivity index (χ3v) is 5.70. The second-order valence-corrected chi connectivity index (χ2v) is 9.39. The van der Waals surface area contributed by atoms with E-state index >= 15 is 0 Å². The van der Waals surface area contributed by atoms with Crippen LogP contribution < -0.4 is 0 Å². The maximum Gasteiger partial charge on any atom is 0.522 e. The third-order valence-electron chi connectivity index (χ3n) is 5.70. The average molecular weight is 477 g/mol. The fourth-order valence-electron chi connectivity index (χ4n) is 3.94. The van der Waals surface area contributed by atoms with Crippen molar-refractivity contribution in [3.8, 4) is 22.6 Å². The quantitative estimate of drug-likeness (QED) is 0.597. The number of aromatic amines is 1. The molecule has 34 heavy (non-hydrogen) atoms. The van der Waals surface area contributed by atoms with E-state index in [0.29, 0.717) is 28.5 Å². The van der Waals surface area contributed by atoms with Crippen molar-refractivity contribution in [2.45, 2.75) is 58.5 Å². The molecule has 0 aliphatic carbocycles. The summed E-state index contributed by atoms with van der Waals surface area (Å²) in [5.74, 6) is 0.974. The van der Waals surface area contributed by atoms with E-state index in [1.165, 1.54) is 0 Å². The smallest absolute Gasteiger partial charge is 0.338 e. The first-order chi connectivity index (χ1) is 15.9. The SMILES string of the molecule is Cc1nnc(-c2ccc(C(=O)N3CCC(OC(F)(F)F)CC3)c(-c3ccn(C(C)(C)C)n3)c2)[nH]1. The number of carbonyl (C=O) groups excluding carboxylic acids is 1. The van der Waals surface area contributed by atoms with E-state index in [0.717, 1.165) is 5.56 Å². The predicted octanol–water partition coefficient (Wildman–Crippen LogP) is 4.54. The highest BCUT2D eigenvalue weighted by atomic mass is 19.4. The van der Waals surface area contributed by atoms with Gasteiger partial charge in [-0.1, -0.05) is 6.07 Å². The number of alkyl halides is 3. The zero-order valence-corrected chi connectivity index (χ0v) is 19.5. The molecule has 3 heterocycles. The number of ether oxygens (including phenoxy) is 1. The highest BCUT2D eigenvalue weighted by molar-refractivity contribution is 6.01. The van der Waals surface area contributed by atoms with Crippen LogP contribution in [0.3, 0.4) is 0 Å². The summed E-state index contributed by atoms with van der Waals surface area (Å²) >= 11 is 0. The predicted molar refractivity (Wildman–Crippen MR) is 119 cm³/mol. The van der Waals surface area contributed by atoms with Crippen LogP contribution >= 0.6 is 0 Å². The largest absolute Gasteiger partial charge is 0.522 e. The Labute approximate surface area is 195 Å². The molecule has 1 aliphatic heterocycles. The number of rotatable bonds is 4. The van der Waals surface area contributed by atoms with Crippen molar-refractivity contribution in [2.75, 3.05) is 13.1 Å². The van der Waals surface area contributed by atoms with Crippen LogP contribution in [0.4, 0.5) is 13.2 Å². The van der Waals surface area contributed by atoms with Crippen LogP contribution in [0.15, 0.2) is 30.5 Å². The topological polar surface area (TPSA) is 88.9 Å². The minimum atomic E-state index is -4.68. The molecule has 1 aliphatic rings. The lowest BCUT2D eigenvalue weighted by Gasteiger charge is -2.32. The van der Waals surface area contributed by atoms with Crippen molar-refractivity contribution in [1.82, 2.24) is 29.9 Å². The molecule has 0 unspecified atom stereocenters. The summed E-state index contributed by atoms with van der Waals surface area (Å²) in [5, 5.41) is 12.8. The van der Waals surface area contributed by atoms with Crippen LogP contribution in [-0.4, -0.2) is 61.3 Å². The summed E-state index contributed by atoms with van der Waals surface area (Å²) in [5.41, 5.74) is 2.16. The first kappa shape index (κ1) is 23.9. The summed E-state index contributed by atoms with van der Waals surface area (Å²) in [6.07, 6.45) is -3.52. The van der Waals surface area contributed by atoms with Gasteiger partial charge in [-0.2, -0.15) is 5.10 Å². The van der Waals surface area contributed by atoms with E-state index in [1.807, 2.05) is 43.8 Å². The van der Waals surface area contributed by atoms with E-state index in [9.17, 15) is 18.0 Å². The van der Waals surface area contributed by atoms with Gasteiger partial charge in [0.25, 0.3) is 5.91 Å². The number of nitrogens with zero attached hydrogens (tertiary/aromatic N) is 5. The number of carbonyl (C=O) groups is 1. The van der Waals surface area contributed by atoms with Crippen LogP contribution in [0.5, 0.6) is 0 Å². The van der Waals surface area contributed by atoms with E-state index in [2.05, 4.69) is 25.0 Å². The van der Waals surface area contributed by atoms with Crippen molar-refractivity contribution in [3.63, 3.8) is 0 Å². The molecule has 0 atom stereocenters. The van der Waals surface area contributed by atoms with Crippen LogP contribution in [0.2, 0.25) is 0 Å². The highest BCUT2D eigenvalue weighted by Gasteiger charge is 2.36. The van der Waals surface area contributed by atoms with E-state index in [4.69, 9.17) is 0 Å². The van der Waals surface area contributed by atoms with Crippen molar-refractivity contribution in [1.29, 1.82) is 0 Å². The zero-order chi connectivity index (χ0) is 24.7. The Bertz CT molecular complexity index is 1170. The lowest BCUT2D eigenvalue weighted by atomic mass is 9.98. The molecule has 0 radical (unpaired) electrons. The minimum Gasteiger partial charge on any atom is -0.338 e. The molecule has 182 valence electrons. The van der Waals surface area contributed by atoms with E-state index in [-0.39, 0.29) is 37.4 Å². The number of piperidine rings is 1. The Morgan fingerprint density at radius 1 is 1.12 bits per heavy atom. The first-order valence-corrected chi connectivity index (χ1v) is 11.0. The fraction of sp³-hybridized carbons (Fsp3) is 0.478. The number of nitrogens with one attached hydrogen (secondary N) is 1. The number of halogens is 3. The fourth-order valence-corrected chi connectivity index (χ4v) is 3.94. The molecular weight excluding hydrogens is 449 g/mol. The van der Waals surface area contributed by atoms with Gasteiger partial charge in [0, 0.05) is 36.0 Å². The monoisotopic (exact) mass is 476 g/mol. The second-order valence-electron chi connectivity index (χ2n) is 9.39. The Balaban J connectivity index is 1.65. The van der Waals surface area contributed by atoms with Gasteiger partial charge in [0.15, 0.2) is 5.82 Å².